The number of aryl methyl sites for hydroxylation is 1. The highest BCUT2D eigenvalue weighted by Gasteiger charge is 2.33. The van der Waals surface area contributed by atoms with Crippen molar-refractivity contribution in [2.24, 2.45) is 12.8 Å². The van der Waals surface area contributed by atoms with Gasteiger partial charge in [-0.15, -0.1) is 0 Å². The number of piperidine rings is 1. The third kappa shape index (κ3) is 4.49. The molecule has 1 saturated heterocycles. The highest BCUT2D eigenvalue weighted by atomic mass is 19.1. The molecule has 0 radical (unpaired) electrons. The number of carbonyl (C=O) groups excluding carboxylic acids is 2. The summed E-state index contributed by atoms with van der Waals surface area (Å²) < 4.78 is 26.4. The van der Waals surface area contributed by atoms with Crippen LogP contribution in [0.2, 0.25) is 0 Å². The van der Waals surface area contributed by atoms with Crippen molar-refractivity contribution < 1.29 is 23.1 Å². The smallest absolute Gasteiger partial charge is 0.410 e. The molecule has 2 amide bonds. The first kappa shape index (κ1) is 22.6. The number of carbonyl (C=O) groups is 2. The van der Waals surface area contributed by atoms with Gasteiger partial charge in [-0.3, -0.25) is 9.48 Å². The number of aromatic nitrogens is 2. The minimum atomic E-state index is -0.924. The Hall–Kier alpha value is -4.14. The van der Waals surface area contributed by atoms with Crippen molar-refractivity contribution >= 4 is 23.0 Å². The van der Waals surface area contributed by atoms with E-state index in [4.69, 9.17) is 14.9 Å². The number of nitrogens with two attached hydrogens (primary N) is 1. The van der Waals surface area contributed by atoms with Crippen LogP contribution in [0.25, 0.3) is 22.1 Å². The molecule has 9 heteroatoms. The van der Waals surface area contributed by atoms with Gasteiger partial charge in [0.05, 0.1) is 5.39 Å². The van der Waals surface area contributed by atoms with Crippen LogP contribution in [0, 0.1) is 5.82 Å². The van der Waals surface area contributed by atoms with Gasteiger partial charge < -0.3 is 19.8 Å². The number of benzene rings is 2. The summed E-state index contributed by atoms with van der Waals surface area (Å²) in [5, 5.41) is 5.09. The van der Waals surface area contributed by atoms with E-state index in [0.29, 0.717) is 46.5 Å². The van der Waals surface area contributed by atoms with E-state index in [0.717, 1.165) is 19.3 Å². The van der Waals surface area contributed by atoms with Gasteiger partial charge in [-0.05, 0) is 49.1 Å². The van der Waals surface area contributed by atoms with Crippen molar-refractivity contribution in [2.75, 3.05) is 6.54 Å². The van der Waals surface area contributed by atoms with Gasteiger partial charge in [0, 0.05) is 37.8 Å². The van der Waals surface area contributed by atoms with Crippen LogP contribution >= 0.6 is 0 Å². The quantitative estimate of drug-likeness (QED) is 0.451. The number of nitrogens with zero attached hydrogens (tertiary/aromatic N) is 3. The molecule has 0 spiro atoms. The number of fused-ring (bicyclic) bond motifs is 1. The summed E-state index contributed by atoms with van der Waals surface area (Å²) in [7, 11) is 1.75. The van der Waals surface area contributed by atoms with E-state index in [1.807, 2.05) is 12.1 Å². The molecule has 5 rings (SSSR count). The van der Waals surface area contributed by atoms with Crippen LogP contribution in [-0.2, 0) is 13.5 Å². The van der Waals surface area contributed by atoms with Gasteiger partial charge in [-0.25, -0.2) is 9.18 Å². The Morgan fingerprint density at radius 2 is 1.94 bits per heavy atom. The van der Waals surface area contributed by atoms with Crippen LogP contribution < -0.4 is 10.5 Å². The number of amides is 2. The summed E-state index contributed by atoms with van der Waals surface area (Å²) in [5.41, 5.74) is 7.55. The second kappa shape index (κ2) is 9.25. The Labute approximate surface area is 201 Å². The summed E-state index contributed by atoms with van der Waals surface area (Å²) >= 11 is 0. The lowest BCUT2D eigenvalue weighted by Crippen LogP contribution is -2.45. The predicted molar refractivity (Wildman–Crippen MR) is 127 cm³/mol. The van der Waals surface area contributed by atoms with Crippen LogP contribution in [0.15, 0.2) is 59.1 Å². The summed E-state index contributed by atoms with van der Waals surface area (Å²) in [4.78, 5) is 27.1. The van der Waals surface area contributed by atoms with Crippen LogP contribution in [0.3, 0.4) is 0 Å². The summed E-state index contributed by atoms with van der Waals surface area (Å²) in [6.45, 7) is 0.565. The van der Waals surface area contributed by atoms with Crippen LogP contribution in [0.4, 0.5) is 9.18 Å². The Morgan fingerprint density at radius 3 is 2.71 bits per heavy atom. The maximum absolute atomic E-state index is 13.7. The Kier molecular flexibility index (Phi) is 5.98. The van der Waals surface area contributed by atoms with Crippen LogP contribution in [0.5, 0.6) is 5.75 Å². The first-order valence-electron chi connectivity index (χ1n) is 11.5. The zero-order valence-corrected chi connectivity index (χ0v) is 19.2. The van der Waals surface area contributed by atoms with E-state index in [1.165, 1.54) is 12.1 Å². The number of halogens is 1. The molecule has 1 unspecified atom stereocenters. The number of furan rings is 1. The van der Waals surface area contributed by atoms with Crippen molar-refractivity contribution in [1.82, 2.24) is 14.7 Å². The molecular weight excluding hydrogens is 451 g/mol. The summed E-state index contributed by atoms with van der Waals surface area (Å²) in [5.74, 6) is 0.204. The number of hydrogen-bond acceptors (Lipinski definition) is 5. The van der Waals surface area contributed by atoms with Crippen LogP contribution in [0.1, 0.15) is 35.5 Å². The number of primary amides is 1. The number of para-hydroxylation sites is 1. The third-order valence-electron chi connectivity index (χ3n) is 6.32. The van der Waals surface area contributed by atoms with E-state index in [9.17, 15) is 14.0 Å². The third-order valence-corrected chi connectivity index (χ3v) is 6.32. The second-order valence-corrected chi connectivity index (χ2v) is 8.70. The number of ether oxygens (including phenoxy) is 1. The molecule has 1 aliphatic heterocycles. The standard InChI is InChI=1S/C26H25FN4O4/c1-30-15-20(16-9-11-17(27)12-10-16)23(29-30)25(32)31-13-5-4-6-18(31)14-22-24(35-26(28)33)19-7-2-3-8-21(19)34-22/h2-3,7-12,15,18H,4-6,13-14H2,1H3,(H2,28,33). The summed E-state index contributed by atoms with van der Waals surface area (Å²) in [6.07, 6.45) is 3.78. The van der Waals surface area contributed by atoms with Gasteiger partial charge in [-0.1, -0.05) is 24.3 Å². The van der Waals surface area contributed by atoms with Gasteiger partial charge in [0.1, 0.15) is 17.2 Å². The molecule has 35 heavy (non-hydrogen) atoms. The van der Waals surface area contributed by atoms with E-state index in [1.54, 1.807) is 47.1 Å². The monoisotopic (exact) mass is 476 g/mol. The van der Waals surface area contributed by atoms with Gasteiger partial charge in [0.2, 0.25) is 0 Å². The van der Waals surface area contributed by atoms with Crippen molar-refractivity contribution in [3.63, 3.8) is 0 Å². The van der Waals surface area contributed by atoms with Crippen molar-refractivity contribution in [3.05, 3.63) is 72.0 Å². The fourth-order valence-electron chi connectivity index (χ4n) is 4.74. The van der Waals surface area contributed by atoms with E-state index in [-0.39, 0.29) is 23.5 Å². The van der Waals surface area contributed by atoms with Gasteiger partial charge >= 0.3 is 6.09 Å². The highest BCUT2D eigenvalue weighted by molar-refractivity contribution is 5.99. The Balaban J connectivity index is 1.47. The molecule has 8 nitrogen and oxygen atoms in total. The topological polar surface area (TPSA) is 104 Å². The molecule has 0 bridgehead atoms. The van der Waals surface area contributed by atoms with Crippen molar-refractivity contribution in [3.8, 4) is 16.9 Å². The Bertz CT molecular complexity index is 1390. The fourth-order valence-corrected chi connectivity index (χ4v) is 4.74. The molecule has 180 valence electrons. The SMILES string of the molecule is Cn1cc(-c2ccc(F)cc2)c(C(=O)N2CCCCC2Cc2oc3ccccc3c2OC(N)=O)n1. The molecule has 0 saturated carbocycles. The highest BCUT2D eigenvalue weighted by Crippen LogP contribution is 2.36. The molecule has 1 aliphatic rings. The van der Waals surface area contributed by atoms with Crippen molar-refractivity contribution in [1.29, 1.82) is 0 Å². The molecule has 4 aromatic rings. The first-order valence-corrected chi connectivity index (χ1v) is 11.5. The molecule has 2 aromatic carbocycles. The van der Waals surface area contributed by atoms with Crippen molar-refractivity contribution in [2.45, 2.75) is 31.7 Å². The van der Waals surface area contributed by atoms with Gasteiger partial charge in [-0.2, -0.15) is 5.10 Å². The number of likely N-dealkylation sites (tertiary alicyclic amines) is 1. The Morgan fingerprint density at radius 1 is 1.17 bits per heavy atom. The van der Waals surface area contributed by atoms with Crippen LogP contribution in [-0.4, -0.2) is 39.3 Å². The van der Waals surface area contributed by atoms with E-state index >= 15 is 0 Å². The number of rotatable bonds is 5. The van der Waals surface area contributed by atoms with Gasteiger partial charge in [0.15, 0.2) is 11.4 Å². The molecule has 2 N–H and O–H groups in total. The molecule has 1 fully saturated rings. The lowest BCUT2D eigenvalue weighted by Gasteiger charge is -2.35. The fraction of sp³-hybridized carbons (Fsp3) is 0.269. The normalized spacial score (nSPS) is 15.9. The molecule has 0 aliphatic carbocycles. The first-order chi connectivity index (χ1) is 16.9. The minimum Gasteiger partial charge on any atom is -0.457 e. The van der Waals surface area contributed by atoms with Gasteiger partial charge in [0.25, 0.3) is 5.91 Å². The lowest BCUT2D eigenvalue weighted by molar-refractivity contribution is 0.0600. The summed E-state index contributed by atoms with van der Waals surface area (Å²) in [6, 6.07) is 13.1. The second-order valence-electron chi connectivity index (χ2n) is 8.70. The molecule has 3 heterocycles. The number of hydrogen-bond donors (Lipinski definition) is 1. The van der Waals surface area contributed by atoms with E-state index < -0.39 is 6.09 Å². The zero-order chi connectivity index (χ0) is 24.5. The molecular formula is C26H25FN4O4. The average molecular weight is 477 g/mol. The average Bonchev–Trinajstić information content (AvgIpc) is 3.39. The minimum absolute atomic E-state index is 0.185. The largest absolute Gasteiger partial charge is 0.457 e. The lowest BCUT2D eigenvalue weighted by atomic mass is 9.96. The molecule has 2 aromatic heterocycles. The zero-order valence-electron chi connectivity index (χ0n) is 19.2. The predicted octanol–water partition coefficient (Wildman–Crippen LogP) is 4.67. The van der Waals surface area contributed by atoms with E-state index in [2.05, 4.69) is 5.10 Å². The molecule has 1 atom stereocenters. The maximum atomic E-state index is 13.7. The maximum Gasteiger partial charge on any atom is 0.410 e.